The van der Waals surface area contributed by atoms with E-state index in [0.29, 0.717) is 5.69 Å². The summed E-state index contributed by atoms with van der Waals surface area (Å²) in [6.07, 6.45) is -9.45. The van der Waals surface area contributed by atoms with Crippen LogP contribution in [-0.2, 0) is 12.4 Å². The second kappa shape index (κ2) is 7.95. The predicted molar refractivity (Wildman–Crippen MR) is 128 cm³/mol. The highest BCUT2D eigenvalue weighted by molar-refractivity contribution is 6.35. The van der Waals surface area contributed by atoms with Gasteiger partial charge in [-0.3, -0.25) is 9.59 Å². The van der Waals surface area contributed by atoms with Gasteiger partial charge in [-0.2, -0.15) is 26.3 Å². The van der Waals surface area contributed by atoms with E-state index >= 15 is 0 Å². The van der Waals surface area contributed by atoms with Crippen molar-refractivity contribution in [3.05, 3.63) is 107 Å². The number of fused-ring (bicyclic) bond motifs is 4. The maximum atomic E-state index is 13.6. The average molecular weight is 524 g/mol. The predicted octanol–water partition coefficient (Wildman–Crippen LogP) is 7.62. The molecule has 0 saturated heterocycles. The number of aromatic nitrogens is 1. The van der Waals surface area contributed by atoms with E-state index in [1.807, 2.05) is 0 Å². The Kier molecular flexibility index (Phi) is 4.97. The van der Waals surface area contributed by atoms with Crippen LogP contribution in [0.1, 0.15) is 31.8 Å². The molecule has 0 aliphatic carbocycles. The molecule has 5 aromatic rings. The highest BCUT2D eigenvalue weighted by atomic mass is 19.4. The summed E-state index contributed by atoms with van der Waals surface area (Å²) in [4.78, 5) is 27.8. The molecule has 0 unspecified atom stereocenters. The van der Waals surface area contributed by atoms with Crippen molar-refractivity contribution < 1.29 is 35.9 Å². The van der Waals surface area contributed by atoms with Crippen LogP contribution in [0.2, 0.25) is 0 Å². The molecule has 0 atom stereocenters. The topological polar surface area (TPSA) is 42.3 Å². The third-order valence-electron chi connectivity index (χ3n) is 6.57. The molecule has 0 N–H and O–H groups in total. The van der Waals surface area contributed by atoms with Gasteiger partial charge in [-0.15, -0.1) is 0 Å². The molecule has 190 valence electrons. The van der Waals surface area contributed by atoms with Crippen molar-refractivity contribution in [3.63, 3.8) is 0 Å². The van der Waals surface area contributed by atoms with Crippen LogP contribution < -0.4 is 4.90 Å². The van der Waals surface area contributed by atoms with E-state index in [4.69, 9.17) is 0 Å². The summed E-state index contributed by atoms with van der Waals surface area (Å²) in [7, 11) is 0. The first-order chi connectivity index (χ1) is 18.0. The van der Waals surface area contributed by atoms with Crippen molar-refractivity contribution >= 4 is 39.3 Å². The molecule has 10 heteroatoms. The van der Waals surface area contributed by atoms with Gasteiger partial charge in [0.2, 0.25) is 0 Å². The zero-order chi connectivity index (χ0) is 27.0. The summed E-state index contributed by atoms with van der Waals surface area (Å²) >= 11 is 0. The van der Waals surface area contributed by atoms with Gasteiger partial charge in [0.1, 0.15) is 0 Å². The molecule has 1 aliphatic rings. The number of hydrogen-bond donors (Lipinski definition) is 0. The number of hydrogen-bond acceptors (Lipinski definition) is 2. The first-order valence-corrected chi connectivity index (χ1v) is 11.3. The number of halogens is 6. The highest BCUT2D eigenvalue weighted by Crippen LogP contribution is 2.41. The van der Waals surface area contributed by atoms with Crippen LogP contribution in [-0.4, -0.2) is 16.4 Å². The normalized spacial score (nSPS) is 14.1. The van der Waals surface area contributed by atoms with Crippen molar-refractivity contribution in [1.82, 2.24) is 4.57 Å². The second-order valence-corrected chi connectivity index (χ2v) is 8.78. The Labute approximate surface area is 210 Å². The van der Waals surface area contributed by atoms with E-state index in [0.717, 1.165) is 41.3 Å². The highest BCUT2D eigenvalue weighted by Gasteiger charge is 2.40. The van der Waals surface area contributed by atoms with Gasteiger partial charge in [0.05, 0.1) is 44.7 Å². The van der Waals surface area contributed by atoms with Crippen LogP contribution in [0.3, 0.4) is 0 Å². The molecule has 4 nitrogen and oxygen atoms in total. The molecule has 1 aromatic heterocycles. The molecule has 2 amide bonds. The summed E-state index contributed by atoms with van der Waals surface area (Å²) in [6.45, 7) is 0. The summed E-state index contributed by atoms with van der Waals surface area (Å²) in [5, 5.41) is -0.148. The quantitative estimate of drug-likeness (QED) is 0.176. The summed E-state index contributed by atoms with van der Waals surface area (Å²) in [6, 6.07) is 18.2. The number of alkyl halides is 6. The number of anilines is 1. The Balaban J connectivity index is 1.66. The second-order valence-electron chi connectivity index (χ2n) is 8.78. The Morgan fingerprint density at radius 1 is 0.579 bits per heavy atom. The Morgan fingerprint density at radius 2 is 1.13 bits per heavy atom. The monoisotopic (exact) mass is 524 g/mol. The minimum Gasteiger partial charge on any atom is -0.308 e. The molecule has 0 bridgehead atoms. The smallest absolute Gasteiger partial charge is 0.308 e. The lowest BCUT2D eigenvalue weighted by Crippen LogP contribution is -2.29. The number of rotatable bonds is 2. The van der Waals surface area contributed by atoms with E-state index in [-0.39, 0.29) is 38.6 Å². The fourth-order valence-corrected chi connectivity index (χ4v) is 4.90. The van der Waals surface area contributed by atoms with E-state index < -0.39 is 35.3 Å². The number of benzene rings is 4. The van der Waals surface area contributed by atoms with Crippen molar-refractivity contribution in [3.8, 4) is 5.69 Å². The van der Waals surface area contributed by atoms with E-state index in [9.17, 15) is 35.9 Å². The molecule has 0 saturated carbocycles. The molecule has 4 aromatic carbocycles. The van der Waals surface area contributed by atoms with E-state index in [1.54, 1.807) is 30.3 Å². The molecule has 2 heterocycles. The van der Waals surface area contributed by atoms with Crippen molar-refractivity contribution in [2.75, 3.05) is 4.90 Å². The molecule has 1 aliphatic heterocycles. The number of amides is 2. The maximum absolute atomic E-state index is 13.6. The fraction of sp³-hybridized carbons (Fsp3) is 0.0714. The first kappa shape index (κ1) is 23.8. The van der Waals surface area contributed by atoms with Crippen LogP contribution in [0.25, 0.3) is 27.5 Å². The van der Waals surface area contributed by atoms with E-state index in [2.05, 4.69) is 0 Å². The number of imide groups is 1. The van der Waals surface area contributed by atoms with Crippen molar-refractivity contribution in [1.29, 1.82) is 0 Å². The third kappa shape index (κ3) is 3.47. The Bertz CT molecular complexity index is 1710. The largest absolute Gasteiger partial charge is 0.416 e. The summed E-state index contributed by atoms with van der Waals surface area (Å²) in [5.41, 5.74) is -1.18. The molecule has 0 spiro atoms. The zero-order valence-corrected chi connectivity index (χ0v) is 19.1. The van der Waals surface area contributed by atoms with Gasteiger partial charge in [-0.25, -0.2) is 4.90 Å². The van der Waals surface area contributed by atoms with Gasteiger partial charge < -0.3 is 4.57 Å². The van der Waals surface area contributed by atoms with Crippen molar-refractivity contribution in [2.45, 2.75) is 12.4 Å². The Hall–Kier alpha value is -4.60. The fourth-order valence-electron chi connectivity index (χ4n) is 4.90. The molecule has 38 heavy (non-hydrogen) atoms. The standard InChI is InChI=1S/C28H14F6N2O2/c29-27(30,31)15-9-11-21-19(13-15)20-14-16(28(32,33)34)10-12-22(20)36(21)23-8-4-7-18-24(23)26(38)35(25(18)37)17-5-2-1-3-6-17/h1-14H. The van der Waals surface area contributed by atoms with Crippen LogP contribution in [0.4, 0.5) is 32.0 Å². The Morgan fingerprint density at radius 3 is 1.66 bits per heavy atom. The van der Waals surface area contributed by atoms with Crippen LogP contribution in [0, 0.1) is 0 Å². The first-order valence-electron chi connectivity index (χ1n) is 11.3. The number of carbonyl (C=O) groups excluding carboxylic acids is 2. The lowest BCUT2D eigenvalue weighted by atomic mass is 10.1. The molecular weight excluding hydrogens is 510 g/mol. The lowest BCUT2D eigenvalue weighted by molar-refractivity contribution is -0.138. The van der Waals surface area contributed by atoms with Crippen LogP contribution in [0.5, 0.6) is 0 Å². The third-order valence-corrected chi connectivity index (χ3v) is 6.57. The SMILES string of the molecule is O=C1c2cccc(-n3c4ccc(C(F)(F)F)cc4c4cc(C(F)(F)F)ccc43)c2C(=O)N1c1ccccc1. The average Bonchev–Trinajstić information content (AvgIpc) is 3.34. The lowest BCUT2D eigenvalue weighted by Gasteiger charge is -2.14. The van der Waals surface area contributed by atoms with Crippen molar-refractivity contribution in [2.24, 2.45) is 0 Å². The number of para-hydroxylation sites is 1. The van der Waals surface area contributed by atoms with Crippen LogP contribution >= 0.6 is 0 Å². The van der Waals surface area contributed by atoms with Gasteiger partial charge in [0.25, 0.3) is 11.8 Å². The van der Waals surface area contributed by atoms with Gasteiger partial charge in [0, 0.05) is 10.8 Å². The summed E-state index contributed by atoms with van der Waals surface area (Å²) in [5.74, 6) is -1.24. The zero-order valence-electron chi connectivity index (χ0n) is 19.1. The number of nitrogens with zero attached hydrogens (tertiary/aromatic N) is 2. The van der Waals surface area contributed by atoms with E-state index in [1.165, 1.54) is 22.8 Å². The maximum Gasteiger partial charge on any atom is 0.416 e. The summed E-state index contributed by atoms with van der Waals surface area (Å²) < 4.78 is 82.5. The minimum absolute atomic E-state index is 0.0000473. The number of carbonyl (C=O) groups is 2. The molecule has 0 fully saturated rings. The van der Waals surface area contributed by atoms with Crippen LogP contribution in [0.15, 0.2) is 84.9 Å². The molecule has 6 rings (SSSR count). The van der Waals surface area contributed by atoms with Gasteiger partial charge in [0.15, 0.2) is 0 Å². The van der Waals surface area contributed by atoms with Gasteiger partial charge >= 0.3 is 12.4 Å². The molecular formula is C28H14F6N2O2. The van der Waals surface area contributed by atoms with Gasteiger partial charge in [-0.05, 0) is 60.7 Å². The minimum atomic E-state index is -4.73. The van der Waals surface area contributed by atoms with Gasteiger partial charge in [-0.1, -0.05) is 24.3 Å². The molecule has 0 radical (unpaired) electrons.